The summed E-state index contributed by atoms with van der Waals surface area (Å²) in [6.45, 7) is 4.59. The lowest BCUT2D eigenvalue weighted by Gasteiger charge is -2.28. The number of hydrogen-bond acceptors (Lipinski definition) is 0. The Morgan fingerprint density at radius 1 is 0.895 bits per heavy atom. The first-order valence-electron chi connectivity index (χ1n) is 8.42. The summed E-state index contributed by atoms with van der Waals surface area (Å²) in [6, 6.07) is 9.53. The molecule has 1 aromatic rings. The van der Waals surface area contributed by atoms with Gasteiger partial charge in [-0.15, -0.1) is 0 Å². The van der Waals surface area contributed by atoms with Crippen molar-refractivity contribution in [2.45, 2.75) is 77.6 Å². The molecule has 0 aliphatic heterocycles. The zero-order chi connectivity index (χ0) is 13.5. The van der Waals surface area contributed by atoms with Crippen LogP contribution in [0, 0.1) is 5.92 Å². The number of hydrogen-bond donors (Lipinski definition) is 0. The van der Waals surface area contributed by atoms with Crippen LogP contribution in [-0.4, -0.2) is 0 Å². The van der Waals surface area contributed by atoms with E-state index in [-0.39, 0.29) is 0 Å². The van der Waals surface area contributed by atoms with E-state index in [1.54, 1.807) is 5.56 Å². The first kappa shape index (κ1) is 14.6. The summed E-state index contributed by atoms with van der Waals surface area (Å²) in [5.41, 5.74) is 3.11. The molecule has 0 spiro atoms. The highest BCUT2D eigenvalue weighted by atomic mass is 14.3. The van der Waals surface area contributed by atoms with E-state index in [0.29, 0.717) is 0 Å². The Kier molecular flexibility index (Phi) is 5.94. The largest absolute Gasteiger partial charge is 0.0654 e. The number of unbranched alkanes of at least 4 members (excludes halogenated alkanes) is 1. The van der Waals surface area contributed by atoms with Crippen LogP contribution in [0.1, 0.15) is 82.3 Å². The highest BCUT2D eigenvalue weighted by Gasteiger charge is 2.21. The predicted octanol–water partition coefficient (Wildman–Crippen LogP) is 6.10. The molecule has 1 fully saturated rings. The van der Waals surface area contributed by atoms with Crippen LogP contribution >= 0.6 is 0 Å². The first-order valence-corrected chi connectivity index (χ1v) is 8.42. The molecule has 0 unspecified atom stereocenters. The lowest BCUT2D eigenvalue weighted by Crippen LogP contribution is -2.13. The number of aryl methyl sites for hydroxylation is 1. The van der Waals surface area contributed by atoms with Gasteiger partial charge in [-0.25, -0.2) is 0 Å². The van der Waals surface area contributed by atoms with Crippen molar-refractivity contribution in [2.75, 3.05) is 0 Å². The van der Waals surface area contributed by atoms with Gasteiger partial charge in [0.05, 0.1) is 0 Å². The Morgan fingerprint density at radius 3 is 2.16 bits per heavy atom. The van der Waals surface area contributed by atoms with Gasteiger partial charge in [0.15, 0.2) is 0 Å². The van der Waals surface area contributed by atoms with Gasteiger partial charge in [0.2, 0.25) is 0 Å². The van der Waals surface area contributed by atoms with Crippen LogP contribution in [0.5, 0.6) is 0 Å². The smallest absolute Gasteiger partial charge is 0.0162 e. The minimum absolute atomic E-state index is 0.841. The molecule has 0 aromatic heterocycles. The molecule has 0 atom stereocenters. The third-order valence-corrected chi connectivity index (χ3v) is 4.81. The third kappa shape index (κ3) is 4.37. The van der Waals surface area contributed by atoms with Crippen LogP contribution in [0.4, 0.5) is 0 Å². The van der Waals surface area contributed by atoms with Crippen molar-refractivity contribution in [2.24, 2.45) is 5.92 Å². The molecule has 0 radical (unpaired) electrons. The van der Waals surface area contributed by atoms with Crippen molar-refractivity contribution in [3.8, 4) is 0 Å². The van der Waals surface area contributed by atoms with Crippen LogP contribution < -0.4 is 0 Å². The maximum Gasteiger partial charge on any atom is -0.0162 e. The molecule has 0 heteroatoms. The lowest BCUT2D eigenvalue weighted by atomic mass is 9.77. The van der Waals surface area contributed by atoms with E-state index in [0.717, 1.165) is 11.8 Å². The molecule has 0 bridgehead atoms. The van der Waals surface area contributed by atoms with E-state index in [4.69, 9.17) is 0 Å². The molecule has 1 aromatic carbocycles. The van der Waals surface area contributed by atoms with E-state index in [1.165, 1.54) is 63.4 Å². The van der Waals surface area contributed by atoms with Gasteiger partial charge in [-0.3, -0.25) is 0 Å². The first-order chi connectivity index (χ1) is 9.33. The minimum Gasteiger partial charge on any atom is -0.0654 e. The van der Waals surface area contributed by atoms with Gasteiger partial charge in [0.25, 0.3) is 0 Å². The standard InChI is InChI=1S/C19H30/c1-3-5-7-17-10-14-19(15-11-17)18-12-8-16(6-4-2)9-13-18/h10-11,14-16,18H,3-9,12-13H2,1-2H3/t16-,18-. The van der Waals surface area contributed by atoms with Gasteiger partial charge in [-0.2, -0.15) is 0 Å². The molecular formula is C19H30. The fourth-order valence-corrected chi connectivity index (χ4v) is 3.53. The summed E-state index contributed by atoms with van der Waals surface area (Å²) in [5, 5.41) is 0. The second-order valence-electron chi connectivity index (χ2n) is 6.35. The van der Waals surface area contributed by atoms with E-state index in [9.17, 15) is 0 Å². The predicted molar refractivity (Wildman–Crippen MR) is 84.7 cm³/mol. The maximum atomic E-state index is 2.40. The topological polar surface area (TPSA) is 0 Å². The molecule has 0 nitrogen and oxygen atoms in total. The Balaban J connectivity index is 1.85. The molecular weight excluding hydrogens is 228 g/mol. The SMILES string of the molecule is CCCCc1ccc([C@H]2CC[C@H](CCC)CC2)cc1. The molecule has 1 saturated carbocycles. The van der Waals surface area contributed by atoms with Crippen LogP contribution in [0.2, 0.25) is 0 Å². The van der Waals surface area contributed by atoms with Gasteiger partial charge < -0.3 is 0 Å². The molecule has 0 heterocycles. The summed E-state index contributed by atoms with van der Waals surface area (Å²) in [7, 11) is 0. The zero-order valence-corrected chi connectivity index (χ0v) is 12.8. The summed E-state index contributed by atoms with van der Waals surface area (Å²) >= 11 is 0. The second kappa shape index (κ2) is 7.72. The molecule has 106 valence electrons. The highest BCUT2D eigenvalue weighted by molar-refractivity contribution is 5.25. The van der Waals surface area contributed by atoms with Gasteiger partial charge in [0, 0.05) is 0 Å². The average Bonchev–Trinajstić information content (AvgIpc) is 2.47. The van der Waals surface area contributed by atoms with Gasteiger partial charge in [0.1, 0.15) is 0 Å². The van der Waals surface area contributed by atoms with Crippen LogP contribution in [0.3, 0.4) is 0 Å². The normalized spacial score (nSPS) is 23.5. The number of benzene rings is 1. The molecule has 0 amide bonds. The van der Waals surface area contributed by atoms with Crippen molar-refractivity contribution >= 4 is 0 Å². The van der Waals surface area contributed by atoms with Crippen molar-refractivity contribution in [3.63, 3.8) is 0 Å². The van der Waals surface area contributed by atoms with Crippen molar-refractivity contribution in [3.05, 3.63) is 35.4 Å². The van der Waals surface area contributed by atoms with E-state index in [1.807, 2.05) is 0 Å². The number of rotatable bonds is 6. The summed E-state index contributed by atoms with van der Waals surface area (Å²) in [4.78, 5) is 0. The monoisotopic (exact) mass is 258 g/mol. The van der Waals surface area contributed by atoms with Crippen LogP contribution in [-0.2, 0) is 6.42 Å². The fraction of sp³-hybridized carbons (Fsp3) is 0.684. The molecule has 19 heavy (non-hydrogen) atoms. The van der Waals surface area contributed by atoms with Crippen molar-refractivity contribution in [1.29, 1.82) is 0 Å². The quantitative estimate of drug-likeness (QED) is 0.578. The lowest BCUT2D eigenvalue weighted by molar-refractivity contribution is 0.308. The molecule has 1 aliphatic carbocycles. The van der Waals surface area contributed by atoms with E-state index < -0.39 is 0 Å². The Hall–Kier alpha value is -0.780. The maximum absolute atomic E-state index is 2.40. The minimum atomic E-state index is 0.841. The fourth-order valence-electron chi connectivity index (χ4n) is 3.53. The second-order valence-corrected chi connectivity index (χ2v) is 6.35. The highest BCUT2D eigenvalue weighted by Crippen LogP contribution is 2.37. The van der Waals surface area contributed by atoms with Crippen molar-refractivity contribution in [1.82, 2.24) is 0 Å². The van der Waals surface area contributed by atoms with E-state index in [2.05, 4.69) is 38.1 Å². The summed E-state index contributed by atoms with van der Waals surface area (Å²) < 4.78 is 0. The van der Waals surface area contributed by atoms with Crippen LogP contribution in [0.25, 0.3) is 0 Å². The Morgan fingerprint density at radius 2 is 1.58 bits per heavy atom. The average molecular weight is 258 g/mol. The van der Waals surface area contributed by atoms with Gasteiger partial charge in [-0.1, -0.05) is 57.4 Å². The third-order valence-electron chi connectivity index (χ3n) is 4.81. The van der Waals surface area contributed by atoms with E-state index >= 15 is 0 Å². The molecule has 0 N–H and O–H groups in total. The van der Waals surface area contributed by atoms with Gasteiger partial charge in [-0.05, 0) is 61.5 Å². The summed E-state index contributed by atoms with van der Waals surface area (Å²) in [6.07, 6.45) is 12.4. The molecule has 0 saturated heterocycles. The van der Waals surface area contributed by atoms with Crippen LogP contribution in [0.15, 0.2) is 24.3 Å². The Labute approximate surface area is 119 Å². The van der Waals surface area contributed by atoms with Crippen molar-refractivity contribution < 1.29 is 0 Å². The summed E-state index contributed by atoms with van der Waals surface area (Å²) in [5.74, 6) is 1.86. The zero-order valence-electron chi connectivity index (χ0n) is 12.8. The van der Waals surface area contributed by atoms with Gasteiger partial charge >= 0.3 is 0 Å². The Bertz CT molecular complexity index is 341. The molecule has 2 rings (SSSR count). The molecule has 1 aliphatic rings.